The highest BCUT2D eigenvalue weighted by molar-refractivity contribution is 5.85. The Labute approximate surface area is 168 Å². The van der Waals surface area contributed by atoms with Gasteiger partial charge in [-0.3, -0.25) is 4.90 Å². The van der Waals surface area contributed by atoms with Gasteiger partial charge >= 0.3 is 0 Å². The molecular weight excluding hydrogens is 365 g/mol. The van der Waals surface area contributed by atoms with Crippen LogP contribution < -0.4 is 0 Å². The van der Waals surface area contributed by atoms with Gasteiger partial charge in [-0.2, -0.15) is 0 Å². The molecule has 29 heavy (non-hydrogen) atoms. The van der Waals surface area contributed by atoms with Crippen molar-refractivity contribution >= 4 is 21.9 Å². The molecule has 1 fully saturated rings. The van der Waals surface area contributed by atoms with E-state index in [4.69, 9.17) is 4.52 Å². The maximum atomic E-state index is 13.9. The van der Waals surface area contributed by atoms with Crippen molar-refractivity contribution in [2.45, 2.75) is 50.6 Å². The fourth-order valence-electron chi connectivity index (χ4n) is 5.53. The van der Waals surface area contributed by atoms with Gasteiger partial charge in [0.15, 0.2) is 5.58 Å². The van der Waals surface area contributed by atoms with E-state index < -0.39 is 0 Å². The highest BCUT2D eigenvalue weighted by Gasteiger charge is 2.41. The maximum Gasteiger partial charge on any atom is 0.167 e. The lowest BCUT2D eigenvalue weighted by molar-refractivity contribution is 0.174. The summed E-state index contributed by atoms with van der Waals surface area (Å²) in [5.74, 6) is -0.147. The average Bonchev–Trinajstić information content (AvgIpc) is 3.38. The summed E-state index contributed by atoms with van der Waals surface area (Å²) >= 11 is 0. The first-order chi connectivity index (χ1) is 14.3. The van der Waals surface area contributed by atoms with Crippen LogP contribution in [0.1, 0.15) is 48.7 Å². The molecule has 2 atom stereocenters. The number of nitrogens with one attached hydrogen (secondary N) is 1. The first kappa shape index (κ1) is 17.2. The summed E-state index contributed by atoms with van der Waals surface area (Å²) in [5.41, 5.74) is 5.67. The normalized spacial score (nSPS) is 21.3. The van der Waals surface area contributed by atoms with Crippen LogP contribution in [0.2, 0.25) is 0 Å². The molecule has 4 aromatic rings. The molecule has 0 aliphatic carbocycles. The Morgan fingerprint density at radius 2 is 2.03 bits per heavy atom. The van der Waals surface area contributed by atoms with Crippen LogP contribution in [0.15, 0.2) is 47.0 Å². The number of aromatic amines is 1. The molecule has 0 amide bonds. The second-order valence-electron chi connectivity index (χ2n) is 8.48. The molecule has 1 saturated heterocycles. The van der Waals surface area contributed by atoms with E-state index in [9.17, 15) is 4.39 Å². The number of para-hydroxylation sites is 1. The van der Waals surface area contributed by atoms with Gasteiger partial charge in [-0.15, -0.1) is 0 Å². The van der Waals surface area contributed by atoms with Gasteiger partial charge in [0.05, 0.1) is 5.69 Å². The number of rotatable bonds is 5. The van der Waals surface area contributed by atoms with Gasteiger partial charge in [0.2, 0.25) is 0 Å². The molecule has 2 aromatic carbocycles. The number of fused-ring (bicyclic) bond motifs is 7. The third-order valence-corrected chi connectivity index (χ3v) is 6.83. The minimum absolute atomic E-state index is 0.147. The topological polar surface area (TPSA) is 45.1 Å². The monoisotopic (exact) mass is 389 g/mol. The van der Waals surface area contributed by atoms with E-state index in [1.807, 2.05) is 24.3 Å². The lowest BCUT2D eigenvalue weighted by Crippen LogP contribution is -2.38. The number of H-pyrrole nitrogens is 1. The SMILES string of the molecule is Fc1ccc2[nH]c3c(c2c1)[C@H]1CC[C@@H](C3)N1CCCCc1noc2ccccc12. The van der Waals surface area contributed by atoms with E-state index >= 15 is 0 Å². The molecule has 6 rings (SSSR count). The molecule has 0 spiro atoms. The number of aromatic nitrogens is 2. The molecular formula is C24H24FN3O. The lowest BCUT2D eigenvalue weighted by atomic mass is 9.96. The number of hydrogen-bond acceptors (Lipinski definition) is 3. The van der Waals surface area contributed by atoms with Crippen molar-refractivity contribution in [2.75, 3.05) is 6.54 Å². The molecule has 148 valence electrons. The molecule has 0 saturated carbocycles. The molecule has 4 heterocycles. The van der Waals surface area contributed by atoms with Gasteiger partial charge in [-0.05, 0) is 74.5 Å². The Bertz CT molecular complexity index is 1190. The first-order valence-electron chi connectivity index (χ1n) is 10.7. The standard InChI is InChI=1S/C24H24FN3O/c25-15-8-10-19-18(13-15)24-21(26-19)14-16-9-11-22(24)28(16)12-4-3-6-20-17-5-1-2-7-23(17)29-27-20/h1-2,5,7-8,10,13,16,22,26H,3-4,6,9,11-12,14H2/t16-,22+/m0/s1. The largest absolute Gasteiger partial charge is 0.358 e. The number of hydrogen-bond donors (Lipinski definition) is 1. The maximum absolute atomic E-state index is 13.9. The summed E-state index contributed by atoms with van der Waals surface area (Å²) in [5, 5.41) is 6.47. The summed E-state index contributed by atoms with van der Waals surface area (Å²) < 4.78 is 19.3. The molecule has 5 heteroatoms. The number of aryl methyl sites for hydroxylation is 1. The van der Waals surface area contributed by atoms with Crippen molar-refractivity contribution in [1.29, 1.82) is 0 Å². The zero-order valence-electron chi connectivity index (χ0n) is 16.3. The summed E-state index contributed by atoms with van der Waals surface area (Å²) in [7, 11) is 0. The smallest absolute Gasteiger partial charge is 0.167 e. The minimum atomic E-state index is -0.147. The van der Waals surface area contributed by atoms with E-state index in [0.717, 1.165) is 59.8 Å². The van der Waals surface area contributed by atoms with Crippen LogP contribution in [0.5, 0.6) is 0 Å². The zero-order chi connectivity index (χ0) is 19.4. The number of unbranched alkanes of at least 4 members (excludes halogenated alkanes) is 1. The van der Waals surface area contributed by atoms with E-state index in [1.165, 1.54) is 24.1 Å². The molecule has 4 nitrogen and oxygen atoms in total. The van der Waals surface area contributed by atoms with E-state index in [1.54, 1.807) is 12.1 Å². The fourth-order valence-corrected chi connectivity index (χ4v) is 5.53. The van der Waals surface area contributed by atoms with Crippen molar-refractivity contribution < 1.29 is 8.91 Å². The summed E-state index contributed by atoms with van der Waals surface area (Å²) in [6.45, 7) is 1.09. The van der Waals surface area contributed by atoms with Gasteiger partial charge in [0.1, 0.15) is 5.82 Å². The average molecular weight is 389 g/mol. The number of benzene rings is 2. The van der Waals surface area contributed by atoms with Crippen molar-refractivity contribution in [3.63, 3.8) is 0 Å². The van der Waals surface area contributed by atoms with Crippen molar-refractivity contribution in [1.82, 2.24) is 15.0 Å². The van der Waals surface area contributed by atoms with Crippen LogP contribution in [-0.4, -0.2) is 27.6 Å². The molecule has 0 radical (unpaired) electrons. The molecule has 2 aliphatic rings. The fraction of sp³-hybridized carbons (Fsp3) is 0.375. The zero-order valence-corrected chi connectivity index (χ0v) is 16.3. The Morgan fingerprint density at radius 1 is 1.10 bits per heavy atom. The minimum Gasteiger partial charge on any atom is -0.358 e. The summed E-state index contributed by atoms with van der Waals surface area (Å²) in [6, 6.07) is 14.2. The van der Waals surface area contributed by atoms with Gasteiger partial charge in [0.25, 0.3) is 0 Å². The highest BCUT2D eigenvalue weighted by atomic mass is 19.1. The van der Waals surface area contributed by atoms with Crippen molar-refractivity contribution in [3.05, 3.63) is 65.2 Å². The molecule has 2 aliphatic heterocycles. The van der Waals surface area contributed by atoms with Crippen LogP contribution in [-0.2, 0) is 12.8 Å². The van der Waals surface area contributed by atoms with E-state index in [2.05, 4.69) is 21.1 Å². The van der Waals surface area contributed by atoms with E-state index in [0.29, 0.717) is 12.1 Å². The van der Waals surface area contributed by atoms with Crippen LogP contribution in [0.25, 0.3) is 21.9 Å². The predicted octanol–water partition coefficient (Wildman–Crippen LogP) is 5.53. The third kappa shape index (κ3) is 2.79. The lowest BCUT2D eigenvalue weighted by Gasteiger charge is -2.35. The van der Waals surface area contributed by atoms with Gasteiger partial charge < -0.3 is 9.51 Å². The van der Waals surface area contributed by atoms with Crippen LogP contribution in [0.3, 0.4) is 0 Å². The van der Waals surface area contributed by atoms with Crippen LogP contribution >= 0.6 is 0 Å². The summed E-state index contributed by atoms with van der Waals surface area (Å²) in [4.78, 5) is 6.22. The van der Waals surface area contributed by atoms with Crippen molar-refractivity contribution in [3.8, 4) is 0 Å². The second-order valence-corrected chi connectivity index (χ2v) is 8.48. The third-order valence-electron chi connectivity index (χ3n) is 6.83. The van der Waals surface area contributed by atoms with E-state index in [-0.39, 0.29) is 5.82 Å². The number of nitrogens with zero attached hydrogens (tertiary/aromatic N) is 2. The van der Waals surface area contributed by atoms with Crippen LogP contribution in [0.4, 0.5) is 4.39 Å². The number of halogens is 1. The molecule has 0 unspecified atom stereocenters. The Balaban J connectivity index is 1.17. The van der Waals surface area contributed by atoms with Crippen LogP contribution in [0, 0.1) is 5.82 Å². The Kier molecular flexibility index (Phi) is 3.98. The molecule has 2 bridgehead atoms. The van der Waals surface area contributed by atoms with Gasteiger partial charge in [-0.1, -0.05) is 17.3 Å². The van der Waals surface area contributed by atoms with Gasteiger partial charge in [0, 0.05) is 40.5 Å². The second kappa shape index (κ2) is 6.70. The molecule has 2 aromatic heterocycles. The van der Waals surface area contributed by atoms with Crippen molar-refractivity contribution in [2.24, 2.45) is 0 Å². The highest BCUT2D eigenvalue weighted by Crippen LogP contribution is 2.46. The van der Waals surface area contributed by atoms with Gasteiger partial charge in [-0.25, -0.2) is 4.39 Å². The molecule has 1 N–H and O–H groups in total. The Morgan fingerprint density at radius 3 is 3.00 bits per heavy atom. The Hall–Kier alpha value is -2.66. The summed E-state index contributed by atoms with van der Waals surface area (Å²) in [6.07, 6.45) is 6.65. The quantitative estimate of drug-likeness (QED) is 0.456. The predicted molar refractivity (Wildman–Crippen MR) is 111 cm³/mol. The first-order valence-corrected chi connectivity index (χ1v) is 10.7.